The number of rotatable bonds is 3. The number of nitrogens with two attached hydrogens (primary N) is 1. The first-order chi connectivity index (χ1) is 7.33. The number of hydrazine groups is 1. The Kier molecular flexibility index (Phi) is 3.11. The quantitative estimate of drug-likeness (QED) is 0.613. The van der Waals surface area contributed by atoms with Crippen LogP contribution in [0.5, 0.6) is 0 Å². The molecule has 0 fully saturated rings. The highest BCUT2D eigenvalue weighted by Gasteiger charge is 2.14. The van der Waals surface area contributed by atoms with E-state index in [1.165, 1.54) is 11.1 Å². The second kappa shape index (κ2) is 4.53. The number of thiophene rings is 1. The molecule has 78 valence electrons. The van der Waals surface area contributed by atoms with Gasteiger partial charge < -0.3 is 0 Å². The van der Waals surface area contributed by atoms with Crippen molar-refractivity contribution >= 4 is 11.3 Å². The maximum absolute atomic E-state index is 5.59. The number of nitrogens with one attached hydrogen (secondary N) is 1. The molecule has 3 nitrogen and oxygen atoms in total. The molecule has 0 saturated heterocycles. The highest BCUT2D eigenvalue weighted by atomic mass is 32.1. The Morgan fingerprint density at radius 1 is 1.47 bits per heavy atom. The average Bonchev–Trinajstić information content (AvgIpc) is 2.68. The van der Waals surface area contributed by atoms with Gasteiger partial charge in [0.05, 0.1) is 6.04 Å². The molecular weight excluding hydrogens is 206 g/mol. The fourth-order valence-electron chi connectivity index (χ4n) is 1.58. The van der Waals surface area contributed by atoms with Crippen molar-refractivity contribution in [3.8, 4) is 0 Å². The van der Waals surface area contributed by atoms with Gasteiger partial charge in [0.25, 0.3) is 0 Å². The van der Waals surface area contributed by atoms with Crippen LogP contribution in [0.2, 0.25) is 0 Å². The minimum absolute atomic E-state index is 0.0324. The zero-order valence-electron chi connectivity index (χ0n) is 8.47. The predicted molar refractivity (Wildman–Crippen MR) is 62.5 cm³/mol. The predicted octanol–water partition coefficient (Wildman–Crippen LogP) is 2.00. The van der Waals surface area contributed by atoms with Crippen LogP contribution in [0, 0.1) is 6.92 Å². The number of hydrogen-bond acceptors (Lipinski definition) is 4. The van der Waals surface area contributed by atoms with Crippen LogP contribution in [-0.4, -0.2) is 4.98 Å². The maximum Gasteiger partial charge on any atom is 0.0735 e. The normalized spacial score (nSPS) is 12.7. The fraction of sp³-hybridized carbons (Fsp3) is 0.182. The van der Waals surface area contributed by atoms with Crippen molar-refractivity contribution in [2.75, 3.05) is 0 Å². The summed E-state index contributed by atoms with van der Waals surface area (Å²) in [7, 11) is 0. The molecule has 2 rings (SSSR count). The van der Waals surface area contributed by atoms with Crippen molar-refractivity contribution in [3.05, 3.63) is 52.0 Å². The molecule has 1 unspecified atom stereocenters. The summed E-state index contributed by atoms with van der Waals surface area (Å²) in [6.07, 6.45) is 3.60. The van der Waals surface area contributed by atoms with Crippen molar-refractivity contribution in [3.63, 3.8) is 0 Å². The van der Waals surface area contributed by atoms with E-state index >= 15 is 0 Å². The highest BCUT2D eigenvalue weighted by Crippen LogP contribution is 2.26. The number of aromatic nitrogens is 1. The van der Waals surface area contributed by atoms with Crippen LogP contribution in [0.15, 0.2) is 35.3 Å². The van der Waals surface area contributed by atoms with Gasteiger partial charge in [0.2, 0.25) is 0 Å². The first kappa shape index (κ1) is 10.3. The van der Waals surface area contributed by atoms with E-state index in [0.717, 1.165) is 5.56 Å². The first-order valence-corrected chi connectivity index (χ1v) is 5.66. The third kappa shape index (κ3) is 2.07. The van der Waals surface area contributed by atoms with Crippen molar-refractivity contribution in [2.24, 2.45) is 5.84 Å². The third-order valence-electron chi connectivity index (χ3n) is 2.39. The maximum atomic E-state index is 5.59. The Labute approximate surface area is 92.9 Å². The average molecular weight is 219 g/mol. The molecule has 0 aliphatic carbocycles. The van der Waals surface area contributed by atoms with Crippen molar-refractivity contribution in [1.29, 1.82) is 0 Å². The van der Waals surface area contributed by atoms with E-state index in [-0.39, 0.29) is 6.04 Å². The Bertz CT molecular complexity index is 424. The first-order valence-electron chi connectivity index (χ1n) is 4.71. The van der Waals surface area contributed by atoms with Gasteiger partial charge in [-0.1, -0.05) is 6.07 Å². The molecule has 0 spiro atoms. The molecule has 0 aromatic carbocycles. The van der Waals surface area contributed by atoms with Gasteiger partial charge in [0.15, 0.2) is 0 Å². The van der Waals surface area contributed by atoms with E-state index in [2.05, 4.69) is 28.1 Å². The second-order valence-corrected chi connectivity index (χ2v) is 4.14. The molecular formula is C11H13N3S. The molecule has 3 N–H and O–H groups in total. The number of nitrogens with zero attached hydrogens (tertiary/aromatic N) is 1. The Morgan fingerprint density at radius 2 is 2.33 bits per heavy atom. The molecule has 0 aliphatic heterocycles. The van der Waals surface area contributed by atoms with Gasteiger partial charge in [0.1, 0.15) is 0 Å². The van der Waals surface area contributed by atoms with Gasteiger partial charge in [0, 0.05) is 12.4 Å². The molecule has 4 heteroatoms. The Morgan fingerprint density at radius 3 is 2.87 bits per heavy atom. The molecule has 0 bridgehead atoms. The second-order valence-electron chi connectivity index (χ2n) is 3.40. The van der Waals surface area contributed by atoms with Gasteiger partial charge in [-0.3, -0.25) is 10.8 Å². The lowest BCUT2D eigenvalue weighted by Gasteiger charge is -2.15. The number of pyridine rings is 1. The molecule has 2 heterocycles. The van der Waals surface area contributed by atoms with Gasteiger partial charge in [-0.15, -0.1) is 0 Å². The van der Waals surface area contributed by atoms with E-state index in [9.17, 15) is 0 Å². The van der Waals surface area contributed by atoms with E-state index in [0.29, 0.717) is 0 Å². The largest absolute Gasteiger partial charge is 0.271 e. The molecule has 2 aromatic heterocycles. The summed E-state index contributed by atoms with van der Waals surface area (Å²) in [4.78, 5) is 4.10. The van der Waals surface area contributed by atoms with E-state index < -0.39 is 0 Å². The smallest absolute Gasteiger partial charge is 0.0735 e. The van der Waals surface area contributed by atoms with Crippen molar-refractivity contribution < 1.29 is 0 Å². The lowest BCUT2D eigenvalue weighted by molar-refractivity contribution is 0.633. The minimum Gasteiger partial charge on any atom is -0.271 e. The minimum atomic E-state index is 0.0324. The van der Waals surface area contributed by atoms with Gasteiger partial charge >= 0.3 is 0 Å². The van der Waals surface area contributed by atoms with Gasteiger partial charge in [-0.25, -0.2) is 5.43 Å². The van der Waals surface area contributed by atoms with Crippen LogP contribution in [0.3, 0.4) is 0 Å². The molecule has 1 atom stereocenters. The summed E-state index contributed by atoms with van der Waals surface area (Å²) in [5.74, 6) is 5.59. The van der Waals surface area contributed by atoms with Crippen LogP contribution in [0.4, 0.5) is 0 Å². The monoisotopic (exact) mass is 219 g/mol. The van der Waals surface area contributed by atoms with E-state index in [4.69, 9.17) is 5.84 Å². The summed E-state index contributed by atoms with van der Waals surface area (Å²) in [5, 5.41) is 4.24. The Balaban J connectivity index is 2.37. The summed E-state index contributed by atoms with van der Waals surface area (Å²) in [6.45, 7) is 2.09. The van der Waals surface area contributed by atoms with Gasteiger partial charge in [-0.2, -0.15) is 11.3 Å². The fourth-order valence-corrected chi connectivity index (χ4v) is 2.46. The van der Waals surface area contributed by atoms with Crippen molar-refractivity contribution in [1.82, 2.24) is 10.4 Å². The molecule has 0 amide bonds. The molecule has 15 heavy (non-hydrogen) atoms. The zero-order chi connectivity index (χ0) is 10.7. The highest BCUT2D eigenvalue weighted by molar-refractivity contribution is 7.08. The van der Waals surface area contributed by atoms with E-state index in [1.807, 2.05) is 18.3 Å². The molecule has 2 aromatic rings. The SMILES string of the molecule is Cc1cscc1C(NN)c1cccnc1. The summed E-state index contributed by atoms with van der Waals surface area (Å²) in [5.41, 5.74) is 6.39. The summed E-state index contributed by atoms with van der Waals surface area (Å²) < 4.78 is 0. The lowest BCUT2D eigenvalue weighted by atomic mass is 10.0. The number of hydrogen-bond donors (Lipinski definition) is 2. The molecule has 0 aliphatic rings. The van der Waals surface area contributed by atoms with Crippen LogP contribution in [-0.2, 0) is 0 Å². The summed E-state index contributed by atoms with van der Waals surface area (Å²) >= 11 is 1.69. The zero-order valence-corrected chi connectivity index (χ0v) is 9.29. The Hall–Kier alpha value is -1.23. The molecule has 0 radical (unpaired) electrons. The van der Waals surface area contributed by atoms with E-state index in [1.54, 1.807) is 17.5 Å². The van der Waals surface area contributed by atoms with Crippen LogP contribution in [0.1, 0.15) is 22.7 Å². The van der Waals surface area contributed by atoms with Crippen LogP contribution >= 0.6 is 11.3 Å². The topological polar surface area (TPSA) is 50.9 Å². The van der Waals surface area contributed by atoms with Crippen LogP contribution in [0.25, 0.3) is 0 Å². The third-order valence-corrected chi connectivity index (χ3v) is 3.27. The van der Waals surface area contributed by atoms with Crippen molar-refractivity contribution in [2.45, 2.75) is 13.0 Å². The number of aryl methyl sites for hydroxylation is 1. The standard InChI is InChI=1S/C11H13N3S/c1-8-6-15-7-10(8)11(14-12)9-3-2-4-13-5-9/h2-7,11,14H,12H2,1H3. The summed E-state index contributed by atoms with van der Waals surface area (Å²) in [6, 6.07) is 3.97. The lowest BCUT2D eigenvalue weighted by Crippen LogP contribution is -2.29. The van der Waals surface area contributed by atoms with Crippen LogP contribution < -0.4 is 11.3 Å². The molecule has 0 saturated carbocycles. The van der Waals surface area contributed by atoms with Gasteiger partial charge in [-0.05, 0) is 40.4 Å².